The van der Waals surface area contributed by atoms with E-state index >= 15 is 0 Å². The molecule has 2 atom stereocenters. The number of allylic oxidation sites excluding steroid dienone is 2. The molecular weight excluding hydrogens is 430 g/mol. The average Bonchev–Trinajstić information content (AvgIpc) is 3.36. The minimum Gasteiger partial charge on any atom is -0.462 e. The van der Waals surface area contributed by atoms with Gasteiger partial charge < -0.3 is 14.2 Å². The summed E-state index contributed by atoms with van der Waals surface area (Å²) in [5, 5.41) is 0.442. The number of aliphatic imine (C=N–C) groups is 1. The van der Waals surface area contributed by atoms with Gasteiger partial charge in [0.25, 0.3) is 0 Å². The van der Waals surface area contributed by atoms with Crippen molar-refractivity contribution in [1.29, 1.82) is 0 Å². The van der Waals surface area contributed by atoms with Crippen LogP contribution in [0.2, 0.25) is 5.02 Å². The van der Waals surface area contributed by atoms with Gasteiger partial charge in [-0.25, -0.2) is 0 Å². The van der Waals surface area contributed by atoms with Crippen LogP contribution in [0.3, 0.4) is 0 Å². The van der Waals surface area contributed by atoms with Gasteiger partial charge in [0.1, 0.15) is 12.0 Å². The van der Waals surface area contributed by atoms with Crippen LogP contribution in [-0.2, 0) is 14.3 Å². The number of nitrogens with zero attached hydrogens (tertiary/aromatic N) is 1. The molecule has 0 amide bonds. The Kier molecular flexibility index (Phi) is 5.31. The number of carbonyl (C=O) groups is 2. The molecule has 0 saturated heterocycles. The summed E-state index contributed by atoms with van der Waals surface area (Å²) in [6.45, 7) is 6.11. The van der Waals surface area contributed by atoms with Crippen LogP contribution in [0.25, 0.3) is 0 Å². The van der Waals surface area contributed by atoms with Gasteiger partial charge in [-0.1, -0.05) is 25.4 Å². The lowest BCUT2D eigenvalue weighted by Gasteiger charge is -2.39. The van der Waals surface area contributed by atoms with Gasteiger partial charge in [-0.05, 0) is 56.1 Å². The van der Waals surface area contributed by atoms with E-state index in [0.717, 1.165) is 31.4 Å². The molecule has 1 unspecified atom stereocenters. The molecule has 32 heavy (non-hydrogen) atoms. The Bertz CT molecular complexity index is 1050. The maximum atomic E-state index is 13.5. The van der Waals surface area contributed by atoms with E-state index < -0.39 is 11.8 Å². The van der Waals surface area contributed by atoms with Crippen molar-refractivity contribution < 1.29 is 23.8 Å². The molecule has 1 aromatic rings. The lowest BCUT2D eigenvalue weighted by atomic mass is 9.67. The van der Waals surface area contributed by atoms with Crippen molar-refractivity contribution in [3.8, 4) is 11.5 Å². The third kappa shape index (κ3) is 3.72. The summed E-state index contributed by atoms with van der Waals surface area (Å²) in [5.41, 5.74) is 2.51. The van der Waals surface area contributed by atoms with E-state index in [4.69, 9.17) is 30.8 Å². The van der Waals surface area contributed by atoms with E-state index in [0.29, 0.717) is 46.2 Å². The van der Waals surface area contributed by atoms with Crippen LogP contribution in [0.15, 0.2) is 28.4 Å². The summed E-state index contributed by atoms with van der Waals surface area (Å²) in [4.78, 5) is 31.7. The maximum Gasteiger partial charge on any atom is 0.315 e. The Balaban J connectivity index is 1.62. The van der Waals surface area contributed by atoms with Crippen molar-refractivity contribution in [1.82, 2.24) is 0 Å². The van der Waals surface area contributed by atoms with Crippen LogP contribution < -0.4 is 9.47 Å². The minimum absolute atomic E-state index is 0.0184. The largest absolute Gasteiger partial charge is 0.462 e. The Morgan fingerprint density at radius 2 is 1.84 bits per heavy atom. The fourth-order valence-corrected chi connectivity index (χ4v) is 5.77. The van der Waals surface area contributed by atoms with Crippen molar-refractivity contribution >= 4 is 29.1 Å². The molecule has 0 spiro atoms. The van der Waals surface area contributed by atoms with E-state index in [1.165, 1.54) is 0 Å². The molecule has 5 rings (SSSR count). The predicted octanol–water partition coefficient (Wildman–Crippen LogP) is 5.37. The molecule has 6 nitrogen and oxygen atoms in total. The lowest BCUT2D eigenvalue weighted by molar-refractivity contribution is -0.151. The molecule has 0 radical (unpaired) electrons. The SMILES string of the molecule is CC1=NC2=C(C(=O)CC(C)(C)C2)[C@@H](c2cc3c(cc2Cl)OCO3)C1C(=O)OC1CCCC1. The van der Waals surface area contributed by atoms with Crippen LogP contribution >= 0.6 is 11.6 Å². The second-order valence-corrected chi connectivity index (χ2v) is 10.5. The van der Waals surface area contributed by atoms with Gasteiger partial charge in [0, 0.05) is 40.4 Å². The van der Waals surface area contributed by atoms with Crippen LogP contribution in [0, 0.1) is 11.3 Å². The highest BCUT2D eigenvalue weighted by Gasteiger charge is 2.47. The van der Waals surface area contributed by atoms with Crippen LogP contribution in [0.5, 0.6) is 11.5 Å². The minimum atomic E-state index is -0.697. The van der Waals surface area contributed by atoms with Gasteiger partial charge in [-0.2, -0.15) is 0 Å². The summed E-state index contributed by atoms with van der Waals surface area (Å²) in [5.74, 6) is -0.432. The first-order valence-corrected chi connectivity index (χ1v) is 11.7. The first-order chi connectivity index (χ1) is 15.2. The summed E-state index contributed by atoms with van der Waals surface area (Å²) < 4.78 is 17.0. The lowest BCUT2D eigenvalue weighted by Crippen LogP contribution is -2.40. The standard InChI is InChI=1S/C25H28ClNO5/c1-13-21(24(29)32-14-6-4-5-7-14)22(15-8-19-20(9-16(15)26)31-12-30-19)23-17(27-13)10-25(2,3)11-18(23)28/h8-9,14,21-22H,4-7,10-12H2,1-3H3/t21?,22-/m0/s1. The number of Topliss-reactive ketones (excluding diaryl/α,β-unsaturated/α-hetero) is 1. The van der Waals surface area contributed by atoms with Crippen LogP contribution in [0.4, 0.5) is 0 Å². The predicted molar refractivity (Wildman–Crippen MR) is 120 cm³/mol. The van der Waals surface area contributed by atoms with Gasteiger partial charge in [0.05, 0.1) is 0 Å². The van der Waals surface area contributed by atoms with Crippen molar-refractivity contribution in [3.63, 3.8) is 0 Å². The second kappa shape index (κ2) is 7.91. The van der Waals surface area contributed by atoms with Gasteiger partial charge >= 0.3 is 5.97 Å². The topological polar surface area (TPSA) is 74.2 Å². The fourth-order valence-electron chi connectivity index (χ4n) is 5.50. The molecule has 2 aliphatic heterocycles. The summed E-state index contributed by atoms with van der Waals surface area (Å²) in [6.07, 6.45) is 4.90. The molecule has 0 bridgehead atoms. The molecule has 4 aliphatic rings. The van der Waals surface area contributed by atoms with Gasteiger partial charge in [0.15, 0.2) is 17.3 Å². The van der Waals surface area contributed by atoms with Gasteiger partial charge in [-0.3, -0.25) is 14.6 Å². The number of esters is 1. The molecule has 7 heteroatoms. The Hall–Kier alpha value is -2.34. The number of ketones is 1. The molecule has 1 aromatic carbocycles. The highest BCUT2D eigenvalue weighted by Crippen LogP contribution is 2.51. The fraction of sp³-hybridized carbons (Fsp3) is 0.560. The molecule has 0 aromatic heterocycles. The van der Waals surface area contributed by atoms with Gasteiger partial charge in [-0.15, -0.1) is 0 Å². The number of halogens is 1. The smallest absolute Gasteiger partial charge is 0.315 e. The molecule has 1 fully saturated rings. The second-order valence-electron chi connectivity index (χ2n) is 10.1. The number of hydrogen-bond acceptors (Lipinski definition) is 6. The molecule has 2 heterocycles. The highest BCUT2D eigenvalue weighted by molar-refractivity contribution is 6.32. The monoisotopic (exact) mass is 457 g/mol. The Morgan fingerprint density at radius 3 is 2.56 bits per heavy atom. The number of fused-ring (bicyclic) bond motifs is 1. The molecule has 170 valence electrons. The summed E-state index contributed by atoms with van der Waals surface area (Å²) in [6, 6.07) is 3.51. The Labute approximate surface area is 193 Å². The van der Waals surface area contributed by atoms with Crippen molar-refractivity contribution in [2.45, 2.75) is 71.3 Å². The van der Waals surface area contributed by atoms with E-state index in [2.05, 4.69) is 13.8 Å². The zero-order valence-corrected chi connectivity index (χ0v) is 19.5. The van der Waals surface area contributed by atoms with Crippen LogP contribution in [0.1, 0.15) is 70.8 Å². The Morgan fingerprint density at radius 1 is 1.16 bits per heavy atom. The molecule has 1 saturated carbocycles. The van der Waals surface area contributed by atoms with Crippen molar-refractivity contribution in [2.24, 2.45) is 16.3 Å². The van der Waals surface area contributed by atoms with Crippen molar-refractivity contribution in [3.05, 3.63) is 34.0 Å². The highest BCUT2D eigenvalue weighted by atomic mass is 35.5. The number of carbonyl (C=O) groups excluding carboxylic acids is 2. The number of rotatable bonds is 3. The summed E-state index contributed by atoms with van der Waals surface area (Å²) >= 11 is 6.70. The third-order valence-corrected chi connectivity index (χ3v) is 7.30. The average molecular weight is 458 g/mol. The quantitative estimate of drug-likeness (QED) is 0.570. The van der Waals surface area contributed by atoms with E-state index in [-0.39, 0.29) is 30.1 Å². The molecule has 2 aliphatic carbocycles. The third-order valence-electron chi connectivity index (χ3n) is 6.97. The first-order valence-electron chi connectivity index (χ1n) is 11.3. The number of benzene rings is 1. The summed E-state index contributed by atoms with van der Waals surface area (Å²) in [7, 11) is 0. The van der Waals surface area contributed by atoms with Gasteiger partial charge in [0.2, 0.25) is 6.79 Å². The zero-order chi connectivity index (χ0) is 22.6. The van der Waals surface area contributed by atoms with E-state index in [1.807, 2.05) is 6.92 Å². The van der Waals surface area contributed by atoms with Crippen molar-refractivity contribution in [2.75, 3.05) is 6.79 Å². The van der Waals surface area contributed by atoms with Crippen LogP contribution in [-0.4, -0.2) is 30.4 Å². The number of ether oxygens (including phenoxy) is 3. The number of hydrogen-bond donors (Lipinski definition) is 0. The molecular formula is C25H28ClNO5. The normalized spacial score (nSPS) is 26.8. The maximum absolute atomic E-state index is 13.5. The van der Waals surface area contributed by atoms with E-state index in [9.17, 15) is 9.59 Å². The first kappa shape index (κ1) is 21.5. The zero-order valence-electron chi connectivity index (χ0n) is 18.7. The molecule has 0 N–H and O–H groups in total. The van der Waals surface area contributed by atoms with E-state index in [1.54, 1.807) is 12.1 Å².